The van der Waals surface area contributed by atoms with Crippen LogP contribution in [0.1, 0.15) is 317 Å². The van der Waals surface area contributed by atoms with Gasteiger partial charge in [-0.05, 0) is 31.1 Å². The molecule has 2 atom stereocenters. The molecule has 0 aliphatic heterocycles. The van der Waals surface area contributed by atoms with E-state index in [4.69, 9.17) is 14.2 Å². The molecule has 6 nitrogen and oxygen atoms in total. The van der Waals surface area contributed by atoms with Crippen molar-refractivity contribution in [1.82, 2.24) is 0 Å². The molecular formula is C57H110O6. The van der Waals surface area contributed by atoms with Crippen molar-refractivity contribution in [2.24, 2.45) is 11.8 Å². The highest BCUT2D eigenvalue weighted by Gasteiger charge is 2.19. The van der Waals surface area contributed by atoms with Crippen molar-refractivity contribution in [3.63, 3.8) is 0 Å². The summed E-state index contributed by atoms with van der Waals surface area (Å²) in [5.41, 5.74) is 0. The van der Waals surface area contributed by atoms with Crippen LogP contribution in [-0.2, 0) is 28.6 Å². The molecule has 0 aliphatic carbocycles. The Labute approximate surface area is 393 Å². The topological polar surface area (TPSA) is 78.9 Å². The minimum atomic E-state index is -0.763. The molecule has 0 amide bonds. The van der Waals surface area contributed by atoms with E-state index in [0.717, 1.165) is 69.6 Å². The summed E-state index contributed by atoms with van der Waals surface area (Å²) in [4.78, 5) is 38.1. The molecule has 63 heavy (non-hydrogen) atoms. The maximum Gasteiger partial charge on any atom is 0.306 e. The van der Waals surface area contributed by atoms with Gasteiger partial charge < -0.3 is 14.2 Å². The van der Waals surface area contributed by atoms with Crippen molar-refractivity contribution in [3.05, 3.63) is 0 Å². The number of rotatable bonds is 51. The third-order valence-electron chi connectivity index (χ3n) is 13.3. The van der Waals surface area contributed by atoms with E-state index in [1.807, 2.05) is 0 Å². The summed E-state index contributed by atoms with van der Waals surface area (Å²) in [5.74, 6) is 0.845. The van der Waals surface area contributed by atoms with Gasteiger partial charge in [-0.1, -0.05) is 279 Å². The number of esters is 3. The lowest BCUT2D eigenvalue weighted by Crippen LogP contribution is -2.30. The number of carbonyl (C=O) groups excluding carboxylic acids is 3. The second kappa shape index (κ2) is 49.8. The molecule has 0 heterocycles. The van der Waals surface area contributed by atoms with Crippen LogP contribution in [0.2, 0.25) is 0 Å². The van der Waals surface area contributed by atoms with Crippen molar-refractivity contribution >= 4 is 17.9 Å². The van der Waals surface area contributed by atoms with Gasteiger partial charge in [0.25, 0.3) is 0 Å². The van der Waals surface area contributed by atoms with Crippen LogP contribution < -0.4 is 0 Å². The summed E-state index contributed by atoms with van der Waals surface area (Å²) in [7, 11) is 0. The zero-order valence-electron chi connectivity index (χ0n) is 43.2. The first-order chi connectivity index (χ1) is 30.8. The average Bonchev–Trinajstić information content (AvgIpc) is 3.27. The second-order valence-electron chi connectivity index (χ2n) is 20.3. The third kappa shape index (κ3) is 49.7. The lowest BCUT2D eigenvalue weighted by Gasteiger charge is -2.18. The summed E-state index contributed by atoms with van der Waals surface area (Å²) in [6, 6.07) is 0. The summed E-state index contributed by atoms with van der Waals surface area (Å²) < 4.78 is 16.9. The molecule has 0 saturated carbocycles. The van der Waals surface area contributed by atoms with E-state index in [-0.39, 0.29) is 31.1 Å². The van der Waals surface area contributed by atoms with Crippen molar-refractivity contribution in [2.45, 2.75) is 323 Å². The fraction of sp³-hybridized carbons (Fsp3) is 0.947. The maximum absolute atomic E-state index is 12.8. The monoisotopic (exact) mass is 891 g/mol. The Morgan fingerprint density at radius 2 is 0.603 bits per heavy atom. The number of hydrogen-bond acceptors (Lipinski definition) is 6. The summed E-state index contributed by atoms with van der Waals surface area (Å²) in [6.45, 7) is 11.4. The predicted octanol–water partition coefficient (Wildman–Crippen LogP) is 18.5. The van der Waals surface area contributed by atoms with Gasteiger partial charge in [-0.15, -0.1) is 0 Å². The first-order valence-electron chi connectivity index (χ1n) is 28.3. The number of hydrogen-bond donors (Lipinski definition) is 0. The van der Waals surface area contributed by atoms with E-state index < -0.39 is 6.10 Å². The Kier molecular flexibility index (Phi) is 48.6. The van der Waals surface area contributed by atoms with Crippen LogP contribution >= 0.6 is 0 Å². The Morgan fingerprint density at radius 3 is 0.905 bits per heavy atom. The molecule has 1 unspecified atom stereocenters. The Morgan fingerprint density at radius 1 is 0.333 bits per heavy atom. The van der Waals surface area contributed by atoms with E-state index in [2.05, 4.69) is 34.6 Å². The lowest BCUT2D eigenvalue weighted by molar-refractivity contribution is -0.167. The van der Waals surface area contributed by atoms with Crippen LogP contribution in [-0.4, -0.2) is 37.2 Å². The zero-order valence-corrected chi connectivity index (χ0v) is 43.2. The standard InChI is InChI=1S/C57H110O6/c1-6-8-9-10-11-12-13-14-15-16-17-20-24-27-34-39-44-49-57(60)63-54(51-62-56(59)48-43-38-33-29-28-31-36-41-46-53(5)7-2)50-61-55(58)47-42-37-32-26-23-21-18-19-22-25-30-35-40-45-52(3)4/h52-54H,6-51H2,1-5H3/t53?,54-/m1/s1. The van der Waals surface area contributed by atoms with Crippen molar-refractivity contribution < 1.29 is 28.6 Å². The Hall–Kier alpha value is -1.59. The van der Waals surface area contributed by atoms with Gasteiger partial charge in [0.2, 0.25) is 0 Å². The second-order valence-corrected chi connectivity index (χ2v) is 20.3. The Bertz CT molecular complexity index is 964. The summed E-state index contributed by atoms with van der Waals surface area (Å²) in [5, 5.41) is 0. The van der Waals surface area contributed by atoms with E-state index in [1.54, 1.807) is 0 Å². The molecule has 0 aromatic heterocycles. The van der Waals surface area contributed by atoms with Gasteiger partial charge in [0.05, 0.1) is 0 Å². The van der Waals surface area contributed by atoms with Gasteiger partial charge in [-0.2, -0.15) is 0 Å². The van der Waals surface area contributed by atoms with Crippen LogP contribution in [0.25, 0.3) is 0 Å². The molecule has 0 rings (SSSR count). The van der Waals surface area contributed by atoms with Crippen LogP contribution in [0.3, 0.4) is 0 Å². The van der Waals surface area contributed by atoms with E-state index in [1.165, 1.54) is 205 Å². The molecule has 0 aromatic carbocycles. The van der Waals surface area contributed by atoms with Crippen LogP contribution in [0.5, 0.6) is 0 Å². The molecule has 374 valence electrons. The fourth-order valence-corrected chi connectivity index (χ4v) is 8.66. The molecular weight excluding hydrogens is 781 g/mol. The normalized spacial score (nSPS) is 12.5. The molecule has 0 saturated heterocycles. The predicted molar refractivity (Wildman–Crippen MR) is 270 cm³/mol. The van der Waals surface area contributed by atoms with Gasteiger partial charge in [-0.3, -0.25) is 14.4 Å². The number of ether oxygens (including phenoxy) is 3. The van der Waals surface area contributed by atoms with E-state index in [9.17, 15) is 14.4 Å². The first kappa shape index (κ1) is 61.4. The summed E-state index contributed by atoms with van der Waals surface area (Å²) >= 11 is 0. The minimum Gasteiger partial charge on any atom is -0.462 e. The van der Waals surface area contributed by atoms with Gasteiger partial charge in [-0.25, -0.2) is 0 Å². The van der Waals surface area contributed by atoms with Crippen LogP contribution in [0, 0.1) is 11.8 Å². The molecule has 0 bridgehead atoms. The quantitative estimate of drug-likeness (QED) is 0.0344. The van der Waals surface area contributed by atoms with Crippen LogP contribution in [0.4, 0.5) is 0 Å². The van der Waals surface area contributed by atoms with E-state index >= 15 is 0 Å². The highest BCUT2D eigenvalue weighted by Crippen LogP contribution is 2.18. The molecule has 0 fully saturated rings. The molecule has 6 heteroatoms. The molecule has 0 spiro atoms. The highest BCUT2D eigenvalue weighted by molar-refractivity contribution is 5.71. The highest BCUT2D eigenvalue weighted by atomic mass is 16.6. The molecule has 0 radical (unpaired) electrons. The maximum atomic E-state index is 12.8. The first-order valence-corrected chi connectivity index (χ1v) is 28.3. The van der Waals surface area contributed by atoms with Crippen molar-refractivity contribution in [2.75, 3.05) is 13.2 Å². The molecule has 0 N–H and O–H groups in total. The minimum absolute atomic E-state index is 0.0633. The summed E-state index contributed by atoms with van der Waals surface area (Å²) in [6.07, 6.45) is 52.3. The largest absolute Gasteiger partial charge is 0.462 e. The van der Waals surface area contributed by atoms with E-state index in [0.29, 0.717) is 19.3 Å². The van der Waals surface area contributed by atoms with Gasteiger partial charge in [0.15, 0.2) is 6.10 Å². The Balaban J connectivity index is 4.30. The lowest BCUT2D eigenvalue weighted by atomic mass is 9.99. The third-order valence-corrected chi connectivity index (χ3v) is 13.3. The smallest absolute Gasteiger partial charge is 0.306 e. The fourth-order valence-electron chi connectivity index (χ4n) is 8.66. The molecule has 0 aromatic rings. The average molecular weight is 892 g/mol. The van der Waals surface area contributed by atoms with Crippen LogP contribution in [0.15, 0.2) is 0 Å². The van der Waals surface area contributed by atoms with Gasteiger partial charge in [0, 0.05) is 19.3 Å². The van der Waals surface area contributed by atoms with Crippen molar-refractivity contribution in [3.8, 4) is 0 Å². The number of unbranched alkanes of at least 4 members (excludes halogenated alkanes) is 35. The number of carbonyl (C=O) groups is 3. The molecule has 0 aliphatic rings. The van der Waals surface area contributed by atoms with Crippen molar-refractivity contribution in [1.29, 1.82) is 0 Å². The zero-order chi connectivity index (χ0) is 46.1. The van der Waals surface area contributed by atoms with Gasteiger partial charge >= 0.3 is 17.9 Å². The van der Waals surface area contributed by atoms with Gasteiger partial charge in [0.1, 0.15) is 13.2 Å². The SMILES string of the molecule is CCCCCCCCCCCCCCCCCCCC(=O)O[C@H](COC(=O)CCCCCCCCCCCCCCCC(C)C)COC(=O)CCCCCCCCCCC(C)CC.